The molecular formula is C14H18BrN. The number of hydrogen-bond acceptors (Lipinski definition) is 1. The van der Waals surface area contributed by atoms with Crippen LogP contribution in [0.4, 0.5) is 5.69 Å². The summed E-state index contributed by atoms with van der Waals surface area (Å²) in [5, 5.41) is 0. The average Bonchev–Trinajstić information content (AvgIpc) is 2.69. The minimum absolute atomic E-state index is 0.695. The Morgan fingerprint density at radius 1 is 1.19 bits per heavy atom. The molecule has 86 valence electrons. The maximum Gasteiger partial charge on any atom is 0.0370 e. The number of nitrogens with zero attached hydrogens (tertiary/aromatic N) is 1. The summed E-state index contributed by atoms with van der Waals surface area (Å²) in [6.45, 7) is 4.74. The van der Waals surface area contributed by atoms with Gasteiger partial charge in [0.25, 0.3) is 0 Å². The van der Waals surface area contributed by atoms with Gasteiger partial charge in [0, 0.05) is 28.7 Å². The lowest BCUT2D eigenvalue weighted by molar-refractivity contribution is 0.222. The summed E-state index contributed by atoms with van der Waals surface area (Å²) < 4.78 is 1.22. The summed E-state index contributed by atoms with van der Waals surface area (Å²) in [4.78, 5) is 2.53. The Balaban J connectivity index is 1.73. The zero-order chi connectivity index (χ0) is 11.2. The predicted octanol–water partition coefficient (Wildman–Crippen LogP) is 4.14. The lowest BCUT2D eigenvalue weighted by atomic mass is 9.78. The lowest BCUT2D eigenvalue weighted by Crippen LogP contribution is -2.55. The third kappa shape index (κ3) is 1.67. The van der Waals surface area contributed by atoms with E-state index in [-0.39, 0.29) is 0 Å². The predicted molar refractivity (Wildman–Crippen MR) is 72.0 cm³/mol. The molecule has 1 aromatic carbocycles. The van der Waals surface area contributed by atoms with Crippen LogP contribution in [0.2, 0.25) is 0 Å². The molecule has 16 heavy (non-hydrogen) atoms. The molecule has 1 saturated carbocycles. The number of rotatable bonds is 1. The van der Waals surface area contributed by atoms with E-state index < -0.39 is 0 Å². The molecule has 1 aromatic rings. The van der Waals surface area contributed by atoms with Gasteiger partial charge in [-0.05, 0) is 43.5 Å². The second kappa shape index (κ2) is 3.76. The van der Waals surface area contributed by atoms with E-state index in [0.717, 1.165) is 0 Å². The maximum absolute atomic E-state index is 3.56. The van der Waals surface area contributed by atoms with Crippen molar-refractivity contribution in [2.24, 2.45) is 5.41 Å². The summed E-state index contributed by atoms with van der Waals surface area (Å²) in [6, 6.07) is 6.70. The van der Waals surface area contributed by atoms with Gasteiger partial charge < -0.3 is 4.90 Å². The van der Waals surface area contributed by atoms with Crippen LogP contribution in [0, 0.1) is 12.3 Å². The average molecular weight is 280 g/mol. The number of aryl methyl sites for hydroxylation is 1. The highest BCUT2D eigenvalue weighted by Crippen LogP contribution is 2.47. The third-order valence-electron chi connectivity index (χ3n) is 4.22. The fraction of sp³-hybridized carbons (Fsp3) is 0.571. The molecule has 0 unspecified atom stereocenters. The van der Waals surface area contributed by atoms with E-state index in [1.54, 1.807) is 0 Å². The molecule has 1 saturated heterocycles. The van der Waals surface area contributed by atoms with Gasteiger partial charge >= 0.3 is 0 Å². The summed E-state index contributed by atoms with van der Waals surface area (Å²) in [7, 11) is 0. The van der Waals surface area contributed by atoms with Crippen molar-refractivity contribution < 1.29 is 0 Å². The van der Waals surface area contributed by atoms with Crippen LogP contribution in [-0.2, 0) is 0 Å². The standard InChI is InChI=1S/C14H18BrN/c1-11-8-12(4-5-13(11)15)16-9-14(10-16)6-2-3-7-14/h4-5,8H,2-3,6-7,9-10H2,1H3. The van der Waals surface area contributed by atoms with Gasteiger partial charge in [-0.1, -0.05) is 28.8 Å². The monoisotopic (exact) mass is 279 g/mol. The molecule has 1 aliphatic carbocycles. The molecule has 0 aromatic heterocycles. The van der Waals surface area contributed by atoms with E-state index in [1.165, 1.54) is 54.5 Å². The first kappa shape index (κ1) is 10.6. The quantitative estimate of drug-likeness (QED) is 0.747. The van der Waals surface area contributed by atoms with Gasteiger partial charge in [0.15, 0.2) is 0 Å². The van der Waals surface area contributed by atoms with E-state index in [9.17, 15) is 0 Å². The van der Waals surface area contributed by atoms with Crippen LogP contribution in [0.25, 0.3) is 0 Å². The topological polar surface area (TPSA) is 3.24 Å². The van der Waals surface area contributed by atoms with Crippen LogP contribution in [0.3, 0.4) is 0 Å². The molecule has 0 radical (unpaired) electrons. The number of halogens is 1. The highest BCUT2D eigenvalue weighted by Gasteiger charge is 2.44. The summed E-state index contributed by atoms with van der Waals surface area (Å²) in [5.74, 6) is 0. The Morgan fingerprint density at radius 3 is 2.50 bits per heavy atom. The molecule has 1 heterocycles. The summed E-state index contributed by atoms with van der Waals surface area (Å²) in [6.07, 6.45) is 5.82. The highest BCUT2D eigenvalue weighted by atomic mass is 79.9. The van der Waals surface area contributed by atoms with Crippen molar-refractivity contribution >= 4 is 21.6 Å². The van der Waals surface area contributed by atoms with Crippen molar-refractivity contribution in [2.75, 3.05) is 18.0 Å². The van der Waals surface area contributed by atoms with Gasteiger partial charge in [0.05, 0.1) is 0 Å². The van der Waals surface area contributed by atoms with Crippen molar-refractivity contribution in [1.29, 1.82) is 0 Å². The zero-order valence-corrected chi connectivity index (χ0v) is 11.4. The van der Waals surface area contributed by atoms with Crippen LogP contribution in [0.15, 0.2) is 22.7 Å². The molecule has 0 N–H and O–H groups in total. The number of hydrogen-bond donors (Lipinski definition) is 0. The SMILES string of the molecule is Cc1cc(N2CC3(CCCC3)C2)ccc1Br. The maximum atomic E-state index is 3.56. The molecule has 1 nitrogen and oxygen atoms in total. The summed E-state index contributed by atoms with van der Waals surface area (Å²) in [5.41, 5.74) is 3.43. The Labute approximate surface area is 106 Å². The first-order valence-corrected chi connectivity index (χ1v) is 6.99. The minimum atomic E-state index is 0.695. The molecule has 1 spiro atoms. The van der Waals surface area contributed by atoms with Gasteiger partial charge in [-0.2, -0.15) is 0 Å². The molecule has 2 fully saturated rings. The lowest BCUT2D eigenvalue weighted by Gasteiger charge is -2.50. The first-order chi connectivity index (χ1) is 7.69. The van der Waals surface area contributed by atoms with E-state index in [1.807, 2.05) is 0 Å². The van der Waals surface area contributed by atoms with Crippen molar-refractivity contribution in [3.63, 3.8) is 0 Å². The van der Waals surface area contributed by atoms with Crippen molar-refractivity contribution in [3.05, 3.63) is 28.2 Å². The highest BCUT2D eigenvalue weighted by molar-refractivity contribution is 9.10. The van der Waals surface area contributed by atoms with Gasteiger partial charge in [0.2, 0.25) is 0 Å². The third-order valence-corrected chi connectivity index (χ3v) is 5.11. The van der Waals surface area contributed by atoms with Crippen molar-refractivity contribution in [2.45, 2.75) is 32.6 Å². The van der Waals surface area contributed by atoms with Crippen LogP contribution in [0.1, 0.15) is 31.2 Å². The van der Waals surface area contributed by atoms with Crippen LogP contribution in [-0.4, -0.2) is 13.1 Å². The molecule has 1 aliphatic heterocycles. The molecule has 0 atom stereocenters. The fourth-order valence-corrected chi connectivity index (χ4v) is 3.46. The van der Waals surface area contributed by atoms with E-state index in [2.05, 4.69) is 46.0 Å². The van der Waals surface area contributed by atoms with Crippen LogP contribution < -0.4 is 4.90 Å². The second-order valence-electron chi connectivity index (χ2n) is 5.50. The van der Waals surface area contributed by atoms with Crippen molar-refractivity contribution in [3.8, 4) is 0 Å². The molecule has 3 rings (SSSR count). The molecule has 0 bridgehead atoms. The smallest absolute Gasteiger partial charge is 0.0370 e. The molecule has 2 aliphatic rings. The zero-order valence-electron chi connectivity index (χ0n) is 9.80. The Bertz CT molecular complexity index is 399. The van der Waals surface area contributed by atoms with E-state index in [0.29, 0.717) is 5.41 Å². The fourth-order valence-electron chi connectivity index (χ4n) is 3.21. The minimum Gasteiger partial charge on any atom is -0.370 e. The second-order valence-corrected chi connectivity index (χ2v) is 6.35. The molecule has 0 amide bonds. The van der Waals surface area contributed by atoms with Gasteiger partial charge in [-0.25, -0.2) is 0 Å². The first-order valence-electron chi connectivity index (χ1n) is 6.20. The van der Waals surface area contributed by atoms with Crippen LogP contribution >= 0.6 is 15.9 Å². The number of benzene rings is 1. The summed E-state index contributed by atoms with van der Waals surface area (Å²) >= 11 is 3.56. The van der Waals surface area contributed by atoms with Gasteiger partial charge in [-0.15, -0.1) is 0 Å². The number of anilines is 1. The van der Waals surface area contributed by atoms with Gasteiger partial charge in [-0.3, -0.25) is 0 Å². The van der Waals surface area contributed by atoms with E-state index >= 15 is 0 Å². The normalized spacial score (nSPS) is 22.5. The largest absolute Gasteiger partial charge is 0.370 e. The van der Waals surface area contributed by atoms with Crippen molar-refractivity contribution in [1.82, 2.24) is 0 Å². The Morgan fingerprint density at radius 2 is 1.88 bits per heavy atom. The Kier molecular flexibility index (Phi) is 2.50. The molecule has 2 heteroatoms. The van der Waals surface area contributed by atoms with Crippen LogP contribution in [0.5, 0.6) is 0 Å². The molecular weight excluding hydrogens is 262 g/mol. The Hall–Kier alpha value is -0.500. The van der Waals surface area contributed by atoms with E-state index in [4.69, 9.17) is 0 Å². The van der Waals surface area contributed by atoms with Gasteiger partial charge in [0.1, 0.15) is 0 Å².